The Kier molecular flexibility index (Phi) is 5.24. The van der Waals surface area contributed by atoms with E-state index in [4.69, 9.17) is 0 Å². The molecule has 2 rings (SSSR count). The van der Waals surface area contributed by atoms with Crippen molar-refractivity contribution in [3.8, 4) is 0 Å². The smallest absolute Gasteiger partial charge is 0.163 e. The first kappa shape index (κ1) is 13.6. The van der Waals surface area contributed by atoms with Gasteiger partial charge >= 0.3 is 0 Å². The van der Waals surface area contributed by atoms with Gasteiger partial charge in [-0.3, -0.25) is 4.79 Å². The van der Waals surface area contributed by atoms with Crippen molar-refractivity contribution in [3.63, 3.8) is 0 Å². The van der Waals surface area contributed by atoms with Crippen molar-refractivity contribution in [2.24, 2.45) is 5.92 Å². The molecular weight excluding hydrogens is 247 g/mol. The molecule has 98 valence electrons. The average Bonchev–Trinajstić information content (AvgIpc) is 2.88. The summed E-state index contributed by atoms with van der Waals surface area (Å²) in [5, 5.41) is 0. The maximum absolute atomic E-state index is 12.7. The topological polar surface area (TPSA) is 17.1 Å². The van der Waals surface area contributed by atoms with Crippen LogP contribution < -0.4 is 0 Å². The van der Waals surface area contributed by atoms with Gasteiger partial charge in [-0.05, 0) is 48.8 Å². The van der Waals surface area contributed by atoms with E-state index in [9.17, 15) is 9.18 Å². The second-order valence-corrected chi connectivity index (χ2v) is 6.06. The molecule has 0 aliphatic heterocycles. The zero-order chi connectivity index (χ0) is 12.8. The van der Waals surface area contributed by atoms with Gasteiger partial charge in [0.2, 0.25) is 0 Å². The molecule has 0 saturated heterocycles. The minimum absolute atomic E-state index is 0.119. The summed E-state index contributed by atoms with van der Waals surface area (Å²) in [6.45, 7) is 0. The van der Waals surface area contributed by atoms with E-state index in [0.29, 0.717) is 12.0 Å². The number of halogens is 1. The minimum Gasteiger partial charge on any atom is -0.294 e. The molecule has 0 radical (unpaired) electrons. The molecule has 0 amide bonds. The number of Topliss-reactive ketones (excluding diaryl/α,β-unsaturated/α-hetero) is 1. The summed E-state index contributed by atoms with van der Waals surface area (Å²) in [6, 6.07) is 5.83. The van der Waals surface area contributed by atoms with E-state index in [1.54, 1.807) is 12.1 Å². The predicted octanol–water partition coefficient (Wildman–Crippen LogP) is 4.32. The summed E-state index contributed by atoms with van der Waals surface area (Å²) in [5.41, 5.74) is 0.623. The lowest BCUT2D eigenvalue weighted by Gasteiger charge is -2.07. The summed E-state index contributed by atoms with van der Waals surface area (Å²) in [5.74, 6) is 2.77. The van der Waals surface area contributed by atoms with Gasteiger partial charge in [0.15, 0.2) is 5.78 Å². The Morgan fingerprint density at radius 2 is 1.89 bits per heavy atom. The third kappa shape index (κ3) is 4.13. The van der Waals surface area contributed by atoms with Crippen molar-refractivity contribution in [1.82, 2.24) is 0 Å². The number of carbonyl (C=O) groups is 1. The number of hydrogen-bond acceptors (Lipinski definition) is 2. The maximum Gasteiger partial charge on any atom is 0.163 e. The standard InChI is InChI=1S/C15H19FOS/c16-14-7-5-13(6-8-14)15(17)9-10-18-11-12-3-1-2-4-12/h5-8,12H,1-4,9-11H2. The number of benzene rings is 1. The molecule has 1 aromatic carbocycles. The number of ketones is 1. The van der Waals surface area contributed by atoms with Crippen LogP contribution in [0.3, 0.4) is 0 Å². The van der Waals surface area contributed by atoms with Crippen molar-refractivity contribution >= 4 is 17.5 Å². The van der Waals surface area contributed by atoms with Crippen LogP contribution in [-0.2, 0) is 0 Å². The number of rotatable bonds is 6. The van der Waals surface area contributed by atoms with Crippen LogP contribution in [0.25, 0.3) is 0 Å². The molecule has 1 saturated carbocycles. The van der Waals surface area contributed by atoms with E-state index in [1.165, 1.54) is 43.6 Å². The fraction of sp³-hybridized carbons (Fsp3) is 0.533. The van der Waals surface area contributed by atoms with Crippen molar-refractivity contribution in [3.05, 3.63) is 35.6 Å². The number of hydrogen-bond donors (Lipinski definition) is 0. The molecule has 0 N–H and O–H groups in total. The molecule has 18 heavy (non-hydrogen) atoms. The molecule has 1 aliphatic carbocycles. The molecule has 0 spiro atoms. The summed E-state index contributed by atoms with van der Waals surface area (Å²) < 4.78 is 12.7. The molecule has 3 heteroatoms. The van der Waals surface area contributed by atoms with Crippen LogP contribution in [0.2, 0.25) is 0 Å². The largest absolute Gasteiger partial charge is 0.294 e. The lowest BCUT2D eigenvalue weighted by atomic mass is 10.1. The van der Waals surface area contributed by atoms with Gasteiger partial charge in [-0.15, -0.1) is 0 Å². The predicted molar refractivity (Wildman–Crippen MR) is 74.6 cm³/mol. The van der Waals surface area contributed by atoms with E-state index >= 15 is 0 Å². The molecule has 1 aromatic rings. The lowest BCUT2D eigenvalue weighted by molar-refractivity contribution is 0.0989. The van der Waals surface area contributed by atoms with Crippen molar-refractivity contribution in [1.29, 1.82) is 0 Å². The van der Waals surface area contributed by atoms with Gasteiger partial charge < -0.3 is 0 Å². The van der Waals surface area contributed by atoms with Crippen LogP contribution in [0.5, 0.6) is 0 Å². The second-order valence-electron chi connectivity index (χ2n) is 4.91. The Balaban J connectivity index is 1.66. The molecule has 0 unspecified atom stereocenters. The highest BCUT2D eigenvalue weighted by Crippen LogP contribution is 2.28. The Labute approximate surface area is 112 Å². The molecule has 1 nitrogen and oxygen atoms in total. The Bertz CT molecular complexity index is 382. The van der Waals surface area contributed by atoms with Gasteiger partial charge in [-0.25, -0.2) is 4.39 Å². The third-order valence-corrected chi connectivity index (χ3v) is 4.67. The fourth-order valence-corrected chi connectivity index (χ4v) is 3.54. The Morgan fingerprint density at radius 3 is 2.56 bits per heavy atom. The van der Waals surface area contributed by atoms with Gasteiger partial charge in [-0.2, -0.15) is 11.8 Å². The first-order chi connectivity index (χ1) is 8.75. The minimum atomic E-state index is -0.290. The molecular formula is C15H19FOS. The zero-order valence-corrected chi connectivity index (χ0v) is 11.3. The molecule has 1 fully saturated rings. The van der Waals surface area contributed by atoms with E-state index in [-0.39, 0.29) is 11.6 Å². The summed E-state index contributed by atoms with van der Waals surface area (Å²) in [7, 11) is 0. The highest BCUT2D eigenvalue weighted by molar-refractivity contribution is 7.99. The Morgan fingerprint density at radius 1 is 1.22 bits per heavy atom. The van der Waals surface area contributed by atoms with Crippen molar-refractivity contribution in [2.45, 2.75) is 32.1 Å². The van der Waals surface area contributed by atoms with E-state index < -0.39 is 0 Å². The van der Waals surface area contributed by atoms with Crippen LogP contribution in [0.15, 0.2) is 24.3 Å². The first-order valence-corrected chi connectivity index (χ1v) is 7.77. The van der Waals surface area contributed by atoms with Crippen LogP contribution >= 0.6 is 11.8 Å². The van der Waals surface area contributed by atoms with Gasteiger partial charge in [0.25, 0.3) is 0 Å². The van der Waals surface area contributed by atoms with Crippen LogP contribution in [-0.4, -0.2) is 17.3 Å². The molecule has 0 heterocycles. The SMILES string of the molecule is O=C(CCSCC1CCCC1)c1ccc(F)cc1. The maximum atomic E-state index is 12.7. The van der Waals surface area contributed by atoms with Crippen LogP contribution in [0.4, 0.5) is 4.39 Å². The highest BCUT2D eigenvalue weighted by atomic mass is 32.2. The van der Waals surface area contributed by atoms with Crippen LogP contribution in [0, 0.1) is 11.7 Å². The lowest BCUT2D eigenvalue weighted by Crippen LogP contribution is -2.03. The van der Waals surface area contributed by atoms with E-state index in [1.807, 2.05) is 11.8 Å². The first-order valence-electron chi connectivity index (χ1n) is 6.62. The van der Waals surface area contributed by atoms with Crippen molar-refractivity contribution < 1.29 is 9.18 Å². The van der Waals surface area contributed by atoms with Crippen LogP contribution in [0.1, 0.15) is 42.5 Å². The van der Waals surface area contributed by atoms with Gasteiger partial charge in [0.1, 0.15) is 5.82 Å². The van der Waals surface area contributed by atoms with Crippen molar-refractivity contribution in [2.75, 3.05) is 11.5 Å². The molecule has 0 bridgehead atoms. The second kappa shape index (κ2) is 6.93. The summed E-state index contributed by atoms with van der Waals surface area (Å²) in [4.78, 5) is 11.8. The summed E-state index contributed by atoms with van der Waals surface area (Å²) in [6.07, 6.45) is 6.03. The quantitative estimate of drug-likeness (QED) is 0.563. The highest BCUT2D eigenvalue weighted by Gasteiger charge is 2.14. The monoisotopic (exact) mass is 266 g/mol. The van der Waals surface area contributed by atoms with E-state index in [0.717, 1.165) is 11.7 Å². The molecule has 1 aliphatic rings. The fourth-order valence-electron chi connectivity index (χ4n) is 2.37. The van der Waals surface area contributed by atoms with Gasteiger partial charge in [-0.1, -0.05) is 12.8 Å². The zero-order valence-electron chi connectivity index (χ0n) is 10.5. The Hall–Kier alpha value is -0.830. The number of carbonyl (C=O) groups excluding carboxylic acids is 1. The van der Waals surface area contributed by atoms with E-state index in [2.05, 4.69) is 0 Å². The van der Waals surface area contributed by atoms with Gasteiger partial charge in [0.05, 0.1) is 0 Å². The third-order valence-electron chi connectivity index (χ3n) is 3.47. The summed E-state index contributed by atoms with van der Waals surface area (Å²) >= 11 is 1.88. The number of thioether (sulfide) groups is 1. The van der Waals surface area contributed by atoms with Gasteiger partial charge in [0, 0.05) is 17.7 Å². The molecule has 0 atom stereocenters. The average molecular weight is 266 g/mol. The molecule has 0 aromatic heterocycles. The normalized spacial score (nSPS) is 16.1.